The smallest absolute Gasteiger partial charge is 0.162 e. The third kappa shape index (κ3) is 2.15. The summed E-state index contributed by atoms with van der Waals surface area (Å²) in [5, 5.41) is 8.61. The summed E-state index contributed by atoms with van der Waals surface area (Å²) in [5.74, 6) is 1.55. The van der Waals surface area contributed by atoms with Crippen LogP contribution < -0.4 is 9.47 Å². The van der Waals surface area contributed by atoms with Crippen molar-refractivity contribution in [1.82, 2.24) is 0 Å². The first-order valence-corrected chi connectivity index (χ1v) is 6.24. The highest BCUT2D eigenvalue weighted by Gasteiger charge is 2.45. The van der Waals surface area contributed by atoms with E-state index in [0.717, 1.165) is 23.5 Å². The first kappa shape index (κ1) is 12.8. The van der Waals surface area contributed by atoms with E-state index in [4.69, 9.17) is 14.7 Å². The molecular formula is C15H19NO2. The van der Waals surface area contributed by atoms with Gasteiger partial charge in [-0.3, -0.25) is 0 Å². The van der Waals surface area contributed by atoms with Gasteiger partial charge in [-0.25, -0.2) is 0 Å². The van der Waals surface area contributed by atoms with Crippen LogP contribution >= 0.6 is 0 Å². The van der Waals surface area contributed by atoms with Crippen molar-refractivity contribution in [3.8, 4) is 17.6 Å². The second kappa shape index (κ2) is 4.20. The fourth-order valence-corrected chi connectivity index (χ4v) is 1.87. The van der Waals surface area contributed by atoms with Crippen LogP contribution in [-0.2, 0) is 6.42 Å². The van der Waals surface area contributed by atoms with Crippen LogP contribution in [0.15, 0.2) is 18.2 Å². The molecule has 0 atom stereocenters. The van der Waals surface area contributed by atoms with Gasteiger partial charge in [-0.15, -0.1) is 0 Å². The molecule has 96 valence electrons. The standard InChI is InChI=1S/C15H19NO2/c1-14(2)15(3,4)18-13-10-11(6-5-9-16)7-8-12(13)17-14/h7-8,10H,5-6H2,1-4H3. The van der Waals surface area contributed by atoms with Crippen LogP contribution in [0, 0.1) is 11.3 Å². The zero-order chi connectivity index (χ0) is 13.4. The SMILES string of the molecule is CC1(C)Oc2ccc(CCC#N)cc2OC1(C)C. The van der Waals surface area contributed by atoms with Gasteiger partial charge in [0.1, 0.15) is 11.2 Å². The number of nitriles is 1. The van der Waals surface area contributed by atoms with E-state index in [-0.39, 0.29) is 11.2 Å². The van der Waals surface area contributed by atoms with Gasteiger partial charge in [-0.05, 0) is 51.8 Å². The maximum Gasteiger partial charge on any atom is 0.162 e. The zero-order valence-electron chi connectivity index (χ0n) is 11.4. The van der Waals surface area contributed by atoms with Gasteiger partial charge in [0.2, 0.25) is 0 Å². The van der Waals surface area contributed by atoms with Crippen LogP contribution in [0.1, 0.15) is 39.7 Å². The van der Waals surface area contributed by atoms with E-state index >= 15 is 0 Å². The number of rotatable bonds is 2. The number of aryl methyl sites for hydroxylation is 1. The Bertz CT molecular complexity index is 498. The summed E-state index contributed by atoms with van der Waals surface area (Å²) in [6, 6.07) is 8.05. The van der Waals surface area contributed by atoms with Crippen LogP contribution in [-0.4, -0.2) is 11.2 Å². The number of nitrogens with zero attached hydrogens (tertiary/aromatic N) is 1. The summed E-state index contributed by atoms with van der Waals surface area (Å²) in [5.41, 5.74) is 0.358. The molecular weight excluding hydrogens is 226 g/mol. The van der Waals surface area contributed by atoms with Crippen LogP contribution in [0.3, 0.4) is 0 Å². The highest BCUT2D eigenvalue weighted by atomic mass is 16.6. The molecule has 0 saturated heterocycles. The summed E-state index contributed by atoms with van der Waals surface area (Å²) in [7, 11) is 0. The molecule has 0 amide bonds. The molecule has 0 N–H and O–H groups in total. The Balaban J connectivity index is 2.31. The van der Waals surface area contributed by atoms with Gasteiger partial charge in [-0.1, -0.05) is 6.07 Å². The average Bonchev–Trinajstić information content (AvgIpc) is 2.27. The van der Waals surface area contributed by atoms with Crippen molar-refractivity contribution in [3.05, 3.63) is 23.8 Å². The Morgan fingerprint density at radius 2 is 1.67 bits per heavy atom. The highest BCUT2D eigenvalue weighted by Crippen LogP contribution is 2.43. The molecule has 0 spiro atoms. The van der Waals surface area contributed by atoms with Gasteiger partial charge in [0.05, 0.1) is 6.07 Å². The number of fused-ring (bicyclic) bond motifs is 1. The molecule has 0 bridgehead atoms. The molecule has 3 nitrogen and oxygen atoms in total. The number of ether oxygens (including phenoxy) is 2. The Hall–Kier alpha value is -1.69. The summed E-state index contributed by atoms with van der Waals surface area (Å²) in [6.45, 7) is 8.11. The number of benzene rings is 1. The van der Waals surface area contributed by atoms with E-state index < -0.39 is 0 Å². The third-order valence-corrected chi connectivity index (χ3v) is 3.71. The summed E-state index contributed by atoms with van der Waals surface area (Å²) < 4.78 is 12.1. The Kier molecular flexibility index (Phi) is 2.98. The molecule has 3 heteroatoms. The maximum absolute atomic E-state index is 8.61. The molecule has 2 rings (SSSR count). The minimum Gasteiger partial charge on any atom is -0.480 e. The van der Waals surface area contributed by atoms with Crippen LogP contribution in [0.4, 0.5) is 0 Å². The van der Waals surface area contributed by atoms with Crippen LogP contribution in [0.5, 0.6) is 11.5 Å². The highest BCUT2D eigenvalue weighted by molar-refractivity contribution is 5.45. The molecule has 0 aromatic heterocycles. The lowest BCUT2D eigenvalue weighted by molar-refractivity contribution is -0.0991. The van der Waals surface area contributed by atoms with Crippen molar-refractivity contribution in [1.29, 1.82) is 5.26 Å². The van der Waals surface area contributed by atoms with E-state index in [2.05, 4.69) is 6.07 Å². The van der Waals surface area contributed by atoms with Gasteiger partial charge in [0.25, 0.3) is 0 Å². The van der Waals surface area contributed by atoms with E-state index in [1.54, 1.807) is 0 Å². The summed E-state index contributed by atoms with van der Waals surface area (Å²) in [6.07, 6.45) is 1.27. The summed E-state index contributed by atoms with van der Waals surface area (Å²) in [4.78, 5) is 0. The van der Waals surface area contributed by atoms with Gasteiger partial charge in [0, 0.05) is 6.42 Å². The predicted octanol–water partition coefficient (Wildman–Crippen LogP) is 3.47. The normalized spacial score (nSPS) is 19.1. The van der Waals surface area contributed by atoms with E-state index in [1.807, 2.05) is 45.9 Å². The molecule has 1 aromatic carbocycles. The first-order valence-electron chi connectivity index (χ1n) is 6.24. The van der Waals surface area contributed by atoms with Crippen molar-refractivity contribution in [2.45, 2.75) is 51.7 Å². The lowest BCUT2D eigenvalue weighted by Gasteiger charge is -2.45. The molecule has 0 unspecified atom stereocenters. The minimum absolute atomic E-state index is 0.367. The second-order valence-electron chi connectivity index (χ2n) is 5.66. The Morgan fingerprint density at radius 1 is 1.06 bits per heavy atom. The molecule has 1 aromatic rings. The molecule has 18 heavy (non-hydrogen) atoms. The van der Waals surface area contributed by atoms with Crippen molar-refractivity contribution >= 4 is 0 Å². The lowest BCUT2D eigenvalue weighted by atomic mass is 9.87. The quantitative estimate of drug-likeness (QED) is 0.801. The predicted molar refractivity (Wildman–Crippen MR) is 69.8 cm³/mol. The third-order valence-electron chi connectivity index (χ3n) is 3.71. The molecule has 1 aliphatic heterocycles. The van der Waals surface area contributed by atoms with E-state index in [1.165, 1.54) is 0 Å². The van der Waals surface area contributed by atoms with E-state index in [0.29, 0.717) is 6.42 Å². The van der Waals surface area contributed by atoms with Gasteiger partial charge < -0.3 is 9.47 Å². The van der Waals surface area contributed by atoms with E-state index in [9.17, 15) is 0 Å². The largest absolute Gasteiger partial charge is 0.480 e. The van der Waals surface area contributed by atoms with Crippen molar-refractivity contribution in [2.24, 2.45) is 0 Å². The Labute approximate surface area is 108 Å². The fourth-order valence-electron chi connectivity index (χ4n) is 1.87. The van der Waals surface area contributed by atoms with Crippen molar-refractivity contribution in [2.75, 3.05) is 0 Å². The topological polar surface area (TPSA) is 42.2 Å². The maximum atomic E-state index is 8.61. The zero-order valence-corrected chi connectivity index (χ0v) is 11.4. The van der Waals surface area contributed by atoms with Crippen LogP contribution in [0.2, 0.25) is 0 Å². The van der Waals surface area contributed by atoms with Gasteiger partial charge in [-0.2, -0.15) is 5.26 Å². The monoisotopic (exact) mass is 245 g/mol. The number of hydrogen-bond acceptors (Lipinski definition) is 3. The average molecular weight is 245 g/mol. The molecule has 0 fully saturated rings. The van der Waals surface area contributed by atoms with Gasteiger partial charge >= 0.3 is 0 Å². The molecule has 1 aliphatic rings. The first-order chi connectivity index (χ1) is 8.36. The molecule has 0 saturated carbocycles. The summed E-state index contributed by atoms with van der Waals surface area (Å²) >= 11 is 0. The lowest BCUT2D eigenvalue weighted by Crippen LogP contribution is -2.56. The molecule has 0 aliphatic carbocycles. The number of hydrogen-bond donors (Lipinski definition) is 0. The van der Waals surface area contributed by atoms with Crippen molar-refractivity contribution < 1.29 is 9.47 Å². The Morgan fingerprint density at radius 3 is 2.28 bits per heavy atom. The fraction of sp³-hybridized carbons (Fsp3) is 0.533. The molecule has 0 radical (unpaired) electrons. The van der Waals surface area contributed by atoms with Gasteiger partial charge in [0.15, 0.2) is 11.5 Å². The minimum atomic E-state index is -0.381. The second-order valence-corrected chi connectivity index (χ2v) is 5.66. The molecule has 1 heterocycles. The van der Waals surface area contributed by atoms with Crippen molar-refractivity contribution in [3.63, 3.8) is 0 Å². The van der Waals surface area contributed by atoms with Crippen LogP contribution in [0.25, 0.3) is 0 Å².